The zero-order valence-electron chi connectivity index (χ0n) is 19.6. The van der Waals surface area contributed by atoms with Gasteiger partial charge in [0, 0.05) is 18.0 Å². The Morgan fingerprint density at radius 3 is 2.53 bits per heavy atom. The molecular formula is C28H30ClN3O2. The van der Waals surface area contributed by atoms with Gasteiger partial charge >= 0.3 is 0 Å². The van der Waals surface area contributed by atoms with E-state index < -0.39 is 0 Å². The van der Waals surface area contributed by atoms with Gasteiger partial charge in [-0.1, -0.05) is 67.9 Å². The van der Waals surface area contributed by atoms with E-state index in [4.69, 9.17) is 21.3 Å². The Morgan fingerprint density at radius 2 is 1.76 bits per heavy atom. The van der Waals surface area contributed by atoms with Crippen LogP contribution in [-0.4, -0.2) is 28.6 Å². The average molecular weight is 476 g/mol. The normalized spacial score (nSPS) is 11.2. The highest BCUT2D eigenvalue weighted by molar-refractivity contribution is 6.31. The lowest BCUT2D eigenvalue weighted by molar-refractivity contribution is -0.120. The zero-order chi connectivity index (χ0) is 23.9. The summed E-state index contributed by atoms with van der Waals surface area (Å²) in [7, 11) is 0. The number of halogens is 1. The van der Waals surface area contributed by atoms with Crippen LogP contribution in [0.1, 0.15) is 36.7 Å². The van der Waals surface area contributed by atoms with E-state index in [1.807, 2.05) is 48.5 Å². The summed E-state index contributed by atoms with van der Waals surface area (Å²) < 4.78 is 8.19. The lowest BCUT2D eigenvalue weighted by Gasteiger charge is -2.12. The van der Waals surface area contributed by atoms with Gasteiger partial charge in [0.15, 0.2) is 0 Å². The van der Waals surface area contributed by atoms with Crippen molar-refractivity contribution in [3.05, 3.63) is 94.8 Å². The van der Waals surface area contributed by atoms with Gasteiger partial charge in [-0.15, -0.1) is 0 Å². The third-order valence-electron chi connectivity index (χ3n) is 5.84. The zero-order valence-corrected chi connectivity index (χ0v) is 20.4. The van der Waals surface area contributed by atoms with E-state index in [1.165, 1.54) is 5.56 Å². The van der Waals surface area contributed by atoms with Crippen molar-refractivity contribution in [2.45, 2.75) is 39.2 Å². The first-order valence-corrected chi connectivity index (χ1v) is 12.1. The first-order valence-electron chi connectivity index (χ1n) is 11.7. The number of hydrogen-bond donors (Lipinski definition) is 1. The van der Waals surface area contributed by atoms with E-state index in [2.05, 4.69) is 41.9 Å². The predicted octanol–water partition coefficient (Wildman–Crippen LogP) is 5.79. The largest absolute Gasteiger partial charge is 0.492 e. The highest BCUT2D eigenvalue weighted by Gasteiger charge is 2.12. The first-order chi connectivity index (χ1) is 16.5. The van der Waals surface area contributed by atoms with Crippen molar-refractivity contribution >= 4 is 28.5 Å². The number of hydrogen-bond acceptors (Lipinski definition) is 3. The van der Waals surface area contributed by atoms with Crippen molar-refractivity contribution in [2.75, 3.05) is 13.2 Å². The SMILES string of the molecule is CC(C)c1ccc(OCCn2c(CCNC(=O)Cc3ccccc3Cl)nc3ccccc32)cc1. The Hall–Kier alpha value is -3.31. The molecule has 176 valence electrons. The van der Waals surface area contributed by atoms with Gasteiger partial charge in [0.1, 0.15) is 18.2 Å². The van der Waals surface area contributed by atoms with Crippen molar-refractivity contribution < 1.29 is 9.53 Å². The molecule has 0 unspecified atom stereocenters. The molecule has 0 saturated carbocycles. The molecule has 1 N–H and O–H groups in total. The Bertz CT molecular complexity index is 1250. The number of amides is 1. The van der Waals surface area contributed by atoms with Crippen LogP contribution in [0.25, 0.3) is 11.0 Å². The van der Waals surface area contributed by atoms with E-state index in [0.29, 0.717) is 37.1 Å². The average Bonchev–Trinajstić information content (AvgIpc) is 3.18. The second-order valence-electron chi connectivity index (χ2n) is 8.61. The molecule has 4 rings (SSSR count). The van der Waals surface area contributed by atoms with Crippen LogP contribution in [-0.2, 0) is 24.2 Å². The Morgan fingerprint density at radius 1 is 1.03 bits per heavy atom. The number of fused-ring (bicyclic) bond motifs is 1. The Kier molecular flexibility index (Phi) is 7.86. The summed E-state index contributed by atoms with van der Waals surface area (Å²) in [5, 5.41) is 3.60. The number of imidazole rings is 1. The Balaban J connectivity index is 1.37. The second kappa shape index (κ2) is 11.2. The van der Waals surface area contributed by atoms with Crippen molar-refractivity contribution in [3.63, 3.8) is 0 Å². The van der Waals surface area contributed by atoms with Crippen LogP contribution in [0.2, 0.25) is 5.02 Å². The molecule has 0 aliphatic rings. The molecule has 0 saturated heterocycles. The highest BCUT2D eigenvalue weighted by atomic mass is 35.5. The number of carbonyl (C=O) groups is 1. The minimum atomic E-state index is -0.0519. The molecule has 1 heterocycles. The number of carbonyl (C=O) groups excluding carboxylic acids is 1. The maximum Gasteiger partial charge on any atom is 0.224 e. The van der Waals surface area contributed by atoms with E-state index in [-0.39, 0.29) is 12.3 Å². The monoisotopic (exact) mass is 475 g/mol. The molecule has 0 radical (unpaired) electrons. The van der Waals surface area contributed by atoms with Gasteiger partial charge in [-0.05, 0) is 47.4 Å². The molecule has 0 spiro atoms. The third-order valence-corrected chi connectivity index (χ3v) is 6.21. The van der Waals surface area contributed by atoms with E-state index in [0.717, 1.165) is 28.2 Å². The Labute approximate surface area is 205 Å². The molecule has 0 aliphatic heterocycles. The number of ether oxygens (including phenoxy) is 1. The molecule has 0 fully saturated rings. The van der Waals surface area contributed by atoms with Crippen molar-refractivity contribution in [3.8, 4) is 5.75 Å². The number of rotatable bonds is 10. The predicted molar refractivity (Wildman–Crippen MR) is 138 cm³/mol. The molecule has 34 heavy (non-hydrogen) atoms. The topological polar surface area (TPSA) is 56.1 Å². The fourth-order valence-electron chi connectivity index (χ4n) is 3.96. The molecule has 0 atom stereocenters. The standard InChI is InChI=1S/C28H30ClN3O2/c1-20(2)21-11-13-23(14-12-21)34-18-17-32-26-10-6-5-9-25(26)31-27(32)15-16-30-28(33)19-22-7-3-4-8-24(22)29/h3-14,20H,15-19H2,1-2H3,(H,30,33). The fourth-order valence-corrected chi connectivity index (χ4v) is 4.16. The summed E-state index contributed by atoms with van der Waals surface area (Å²) in [5.41, 5.74) is 4.14. The summed E-state index contributed by atoms with van der Waals surface area (Å²) in [6.45, 7) is 6.08. The van der Waals surface area contributed by atoms with Gasteiger partial charge < -0.3 is 14.6 Å². The lowest BCUT2D eigenvalue weighted by atomic mass is 10.0. The molecule has 0 aliphatic carbocycles. The van der Waals surface area contributed by atoms with Crippen LogP contribution >= 0.6 is 11.6 Å². The number of nitrogens with zero attached hydrogens (tertiary/aromatic N) is 2. The van der Waals surface area contributed by atoms with Gasteiger partial charge in [-0.25, -0.2) is 4.98 Å². The molecule has 6 heteroatoms. The minimum Gasteiger partial charge on any atom is -0.492 e. The van der Waals surface area contributed by atoms with E-state index >= 15 is 0 Å². The van der Waals surface area contributed by atoms with Gasteiger partial charge in [-0.3, -0.25) is 4.79 Å². The number of benzene rings is 3. The molecular weight excluding hydrogens is 446 g/mol. The quantitative estimate of drug-likeness (QED) is 0.315. The number of para-hydroxylation sites is 2. The molecule has 1 aromatic heterocycles. The molecule has 5 nitrogen and oxygen atoms in total. The molecule has 4 aromatic rings. The maximum absolute atomic E-state index is 12.4. The van der Waals surface area contributed by atoms with Gasteiger partial charge in [0.25, 0.3) is 0 Å². The van der Waals surface area contributed by atoms with Gasteiger partial charge in [0.05, 0.1) is 24.0 Å². The summed E-state index contributed by atoms with van der Waals surface area (Å²) in [5.74, 6) is 2.24. The maximum atomic E-state index is 12.4. The minimum absolute atomic E-state index is 0.0519. The van der Waals surface area contributed by atoms with E-state index in [9.17, 15) is 4.79 Å². The first kappa shape index (κ1) is 23.8. The van der Waals surface area contributed by atoms with Crippen LogP contribution < -0.4 is 10.1 Å². The summed E-state index contributed by atoms with van der Waals surface area (Å²) in [4.78, 5) is 17.2. The van der Waals surface area contributed by atoms with Crippen molar-refractivity contribution in [2.24, 2.45) is 0 Å². The van der Waals surface area contributed by atoms with Gasteiger partial charge in [-0.2, -0.15) is 0 Å². The second-order valence-corrected chi connectivity index (χ2v) is 9.02. The van der Waals surface area contributed by atoms with Crippen LogP contribution in [0.4, 0.5) is 0 Å². The van der Waals surface area contributed by atoms with Crippen LogP contribution in [0, 0.1) is 0 Å². The van der Waals surface area contributed by atoms with Crippen LogP contribution in [0.5, 0.6) is 5.75 Å². The fraction of sp³-hybridized carbons (Fsp3) is 0.286. The van der Waals surface area contributed by atoms with Crippen LogP contribution in [0.15, 0.2) is 72.8 Å². The lowest BCUT2D eigenvalue weighted by Crippen LogP contribution is -2.28. The summed E-state index contributed by atoms with van der Waals surface area (Å²) >= 11 is 6.17. The molecule has 0 bridgehead atoms. The van der Waals surface area contributed by atoms with Crippen molar-refractivity contribution in [1.29, 1.82) is 0 Å². The van der Waals surface area contributed by atoms with Crippen LogP contribution in [0.3, 0.4) is 0 Å². The van der Waals surface area contributed by atoms with Crippen molar-refractivity contribution in [1.82, 2.24) is 14.9 Å². The molecule has 3 aromatic carbocycles. The van der Waals surface area contributed by atoms with Gasteiger partial charge in [0.2, 0.25) is 5.91 Å². The summed E-state index contributed by atoms with van der Waals surface area (Å²) in [6, 6.07) is 23.8. The number of nitrogens with one attached hydrogen (secondary N) is 1. The number of aromatic nitrogens is 2. The summed E-state index contributed by atoms with van der Waals surface area (Å²) in [6.07, 6.45) is 0.894. The van der Waals surface area contributed by atoms with E-state index in [1.54, 1.807) is 6.07 Å². The molecule has 1 amide bonds. The highest BCUT2D eigenvalue weighted by Crippen LogP contribution is 2.20. The third kappa shape index (κ3) is 5.97. The smallest absolute Gasteiger partial charge is 0.224 e.